The van der Waals surface area contributed by atoms with Gasteiger partial charge in [0.2, 0.25) is 5.13 Å². The fraction of sp³-hybridized carbons (Fsp3) is 0.167. The number of carbonyl (C=O) groups is 1. The van der Waals surface area contributed by atoms with Gasteiger partial charge in [-0.15, -0.1) is 5.10 Å². The van der Waals surface area contributed by atoms with Gasteiger partial charge in [0, 0.05) is 7.05 Å². The molecular weight excluding hydrogens is 338 g/mol. The van der Waals surface area contributed by atoms with Crippen molar-refractivity contribution in [2.45, 2.75) is 13.0 Å². The number of hydrogen-bond acceptors (Lipinski definition) is 5. The molecule has 1 atom stereocenters. The first-order chi connectivity index (χ1) is 12.0. The molecule has 0 saturated carbocycles. The zero-order valence-corrected chi connectivity index (χ0v) is 14.6. The van der Waals surface area contributed by atoms with Crippen LogP contribution >= 0.6 is 11.3 Å². The minimum atomic E-state index is -0.716. The third-order valence-corrected chi connectivity index (χ3v) is 4.38. The lowest BCUT2D eigenvalue weighted by atomic mass is 10.1. The minimum Gasteiger partial charge on any atom is -0.481 e. The lowest BCUT2D eigenvalue weighted by molar-refractivity contribution is -0.122. The Morgan fingerprint density at radius 1 is 1.12 bits per heavy atom. The zero-order chi connectivity index (χ0) is 17.8. The number of nitrogens with zero attached hydrogens (tertiary/aromatic N) is 2. The van der Waals surface area contributed by atoms with Crippen molar-refractivity contribution in [3.63, 3.8) is 0 Å². The molecule has 1 amide bonds. The summed E-state index contributed by atoms with van der Waals surface area (Å²) in [5.41, 5.74) is 2.19. The van der Waals surface area contributed by atoms with Crippen LogP contribution < -0.4 is 14.9 Å². The maximum atomic E-state index is 12.1. The molecule has 1 heterocycles. The van der Waals surface area contributed by atoms with E-state index in [2.05, 4.69) is 10.4 Å². The SMILES string of the molecule is CC(Oc1ccc(-c2ccccc2)cc1)C(=O)Nc1nn(C)c(=O)s1. The molecule has 6 nitrogen and oxygen atoms in total. The van der Waals surface area contributed by atoms with Crippen molar-refractivity contribution in [2.24, 2.45) is 7.05 Å². The van der Waals surface area contributed by atoms with E-state index in [0.717, 1.165) is 22.5 Å². The lowest BCUT2D eigenvalue weighted by Gasteiger charge is -2.14. The van der Waals surface area contributed by atoms with Crippen LogP contribution in [-0.4, -0.2) is 21.8 Å². The second-order valence-electron chi connectivity index (χ2n) is 5.44. The van der Waals surface area contributed by atoms with E-state index in [1.54, 1.807) is 6.92 Å². The summed E-state index contributed by atoms with van der Waals surface area (Å²) in [7, 11) is 1.53. The maximum Gasteiger partial charge on any atom is 0.326 e. The highest BCUT2D eigenvalue weighted by Crippen LogP contribution is 2.22. The second-order valence-corrected chi connectivity index (χ2v) is 6.38. The van der Waals surface area contributed by atoms with Gasteiger partial charge in [-0.1, -0.05) is 42.5 Å². The lowest BCUT2D eigenvalue weighted by Crippen LogP contribution is -2.30. The molecule has 3 aromatic rings. The second kappa shape index (κ2) is 7.31. The topological polar surface area (TPSA) is 73.2 Å². The molecule has 3 rings (SSSR count). The predicted molar refractivity (Wildman–Crippen MR) is 98.0 cm³/mol. The molecule has 1 N–H and O–H groups in total. The molecule has 0 aliphatic carbocycles. The molecule has 128 valence electrons. The molecular formula is C18H17N3O3S. The number of hydrogen-bond donors (Lipinski definition) is 1. The smallest absolute Gasteiger partial charge is 0.326 e. The quantitative estimate of drug-likeness (QED) is 0.764. The van der Waals surface area contributed by atoms with Crippen molar-refractivity contribution < 1.29 is 9.53 Å². The van der Waals surface area contributed by atoms with Crippen LogP contribution in [0.5, 0.6) is 5.75 Å². The number of aromatic nitrogens is 2. The van der Waals surface area contributed by atoms with Crippen LogP contribution in [0.25, 0.3) is 11.1 Å². The van der Waals surface area contributed by atoms with Gasteiger partial charge in [0.05, 0.1) is 0 Å². The van der Waals surface area contributed by atoms with Crippen molar-refractivity contribution in [3.05, 3.63) is 64.3 Å². The Labute approximate surface area is 148 Å². The standard InChI is InChI=1S/C18H17N3O3S/c1-12(16(22)19-17-20-21(2)18(23)25-17)24-15-10-8-14(9-11-15)13-6-4-3-5-7-13/h3-12H,1-2H3,(H,19,20,22). The van der Waals surface area contributed by atoms with Crippen molar-refractivity contribution in [1.29, 1.82) is 0 Å². The number of benzene rings is 2. The van der Waals surface area contributed by atoms with Gasteiger partial charge in [0.1, 0.15) is 5.75 Å². The fourth-order valence-corrected chi connectivity index (χ4v) is 2.87. The molecule has 0 bridgehead atoms. The average molecular weight is 355 g/mol. The van der Waals surface area contributed by atoms with Crippen LogP contribution in [0.1, 0.15) is 6.92 Å². The molecule has 0 spiro atoms. The first kappa shape index (κ1) is 16.9. The van der Waals surface area contributed by atoms with Gasteiger partial charge in [0.25, 0.3) is 5.91 Å². The molecule has 1 aromatic heterocycles. The highest BCUT2D eigenvalue weighted by Gasteiger charge is 2.17. The van der Waals surface area contributed by atoms with Crippen molar-refractivity contribution in [3.8, 4) is 16.9 Å². The zero-order valence-electron chi connectivity index (χ0n) is 13.8. The largest absolute Gasteiger partial charge is 0.481 e. The number of rotatable bonds is 5. The van der Waals surface area contributed by atoms with Crippen LogP contribution in [0, 0.1) is 0 Å². The minimum absolute atomic E-state index is 0.236. The molecule has 0 fully saturated rings. The normalized spacial score (nSPS) is 11.8. The van der Waals surface area contributed by atoms with Crippen molar-refractivity contribution >= 4 is 22.4 Å². The molecule has 0 aliphatic heterocycles. The van der Waals surface area contributed by atoms with Crippen LogP contribution in [0.3, 0.4) is 0 Å². The highest BCUT2D eigenvalue weighted by molar-refractivity contribution is 7.13. The molecule has 7 heteroatoms. The Hall–Kier alpha value is -2.93. The summed E-state index contributed by atoms with van der Waals surface area (Å²) in [6, 6.07) is 17.5. The third-order valence-electron chi connectivity index (χ3n) is 3.56. The third kappa shape index (κ3) is 4.13. The van der Waals surface area contributed by atoms with Crippen molar-refractivity contribution in [1.82, 2.24) is 9.78 Å². The van der Waals surface area contributed by atoms with E-state index in [1.807, 2.05) is 54.6 Å². The summed E-state index contributed by atoms with van der Waals surface area (Å²) < 4.78 is 6.83. The van der Waals surface area contributed by atoms with E-state index in [0.29, 0.717) is 5.75 Å². The molecule has 25 heavy (non-hydrogen) atoms. The molecule has 0 radical (unpaired) electrons. The number of carbonyl (C=O) groups excluding carboxylic acids is 1. The monoisotopic (exact) mass is 355 g/mol. The van der Waals surface area contributed by atoms with Crippen molar-refractivity contribution in [2.75, 3.05) is 5.32 Å². The number of anilines is 1. The van der Waals surface area contributed by atoms with Crippen LogP contribution in [0.4, 0.5) is 5.13 Å². The number of aryl methyl sites for hydroxylation is 1. The van der Waals surface area contributed by atoms with Crippen LogP contribution in [0.2, 0.25) is 0 Å². The molecule has 1 unspecified atom stereocenters. The van der Waals surface area contributed by atoms with E-state index < -0.39 is 6.10 Å². The van der Waals surface area contributed by atoms with Gasteiger partial charge < -0.3 is 4.74 Å². The van der Waals surface area contributed by atoms with Gasteiger partial charge in [-0.25, -0.2) is 4.68 Å². The highest BCUT2D eigenvalue weighted by atomic mass is 32.1. The summed E-state index contributed by atoms with van der Waals surface area (Å²) in [5.74, 6) is 0.234. The molecule has 0 aliphatic rings. The fourth-order valence-electron chi connectivity index (χ4n) is 2.22. The van der Waals surface area contributed by atoms with Gasteiger partial charge in [-0.3, -0.25) is 14.9 Å². The summed E-state index contributed by atoms with van der Waals surface area (Å²) >= 11 is 0.875. The average Bonchev–Trinajstić information content (AvgIpc) is 2.93. The number of nitrogens with one attached hydrogen (secondary N) is 1. The Balaban J connectivity index is 1.63. The number of ether oxygens (including phenoxy) is 1. The van der Waals surface area contributed by atoms with Crippen LogP contribution in [-0.2, 0) is 11.8 Å². The van der Waals surface area contributed by atoms with E-state index in [9.17, 15) is 9.59 Å². The van der Waals surface area contributed by atoms with Gasteiger partial charge in [-0.2, -0.15) is 0 Å². The maximum absolute atomic E-state index is 12.1. The van der Waals surface area contributed by atoms with Gasteiger partial charge in [0.15, 0.2) is 6.10 Å². The summed E-state index contributed by atoms with van der Waals surface area (Å²) in [6.45, 7) is 1.64. The van der Waals surface area contributed by atoms with E-state index >= 15 is 0 Å². The Morgan fingerprint density at radius 3 is 2.36 bits per heavy atom. The van der Waals surface area contributed by atoms with E-state index in [1.165, 1.54) is 11.7 Å². The Morgan fingerprint density at radius 2 is 1.76 bits per heavy atom. The summed E-state index contributed by atoms with van der Waals surface area (Å²) in [6.07, 6.45) is -0.716. The summed E-state index contributed by atoms with van der Waals surface area (Å²) in [4.78, 5) is 23.3. The van der Waals surface area contributed by atoms with E-state index in [-0.39, 0.29) is 15.9 Å². The number of amides is 1. The Kier molecular flexibility index (Phi) is 4.95. The van der Waals surface area contributed by atoms with Gasteiger partial charge in [-0.05, 0) is 41.5 Å². The molecule has 0 saturated heterocycles. The molecule has 2 aromatic carbocycles. The van der Waals surface area contributed by atoms with E-state index in [4.69, 9.17) is 4.74 Å². The van der Waals surface area contributed by atoms with Crippen LogP contribution in [0.15, 0.2) is 59.4 Å². The Bertz CT molecular complexity index is 917. The first-order valence-electron chi connectivity index (χ1n) is 7.70. The summed E-state index contributed by atoms with van der Waals surface area (Å²) in [5, 5.41) is 6.76. The first-order valence-corrected chi connectivity index (χ1v) is 8.52. The predicted octanol–water partition coefficient (Wildman–Crippen LogP) is 2.91. The van der Waals surface area contributed by atoms with Gasteiger partial charge >= 0.3 is 4.87 Å².